The van der Waals surface area contributed by atoms with Crippen LogP contribution in [0, 0.1) is 5.92 Å². The molecule has 7 heteroatoms. The van der Waals surface area contributed by atoms with Crippen molar-refractivity contribution in [1.29, 1.82) is 0 Å². The fraction of sp³-hybridized carbons (Fsp3) is 0.684. The summed E-state index contributed by atoms with van der Waals surface area (Å²) in [5.41, 5.74) is 0. The van der Waals surface area contributed by atoms with Gasteiger partial charge < -0.3 is 14.9 Å². The average Bonchev–Trinajstić information content (AvgIpc) is 3.25. The molecule has 3 aliphatic rings. The van der Waals surface area contributed by atoms with E-state index in [1.165, 1.54) is 12.8 Å². The second-order valence-corrected chi connectivity index (χ2v) is 7.74. The van der Waals surface area contributed by atoms with Crippen molar-refractivity contribution in [3.63, 3.8) is 0 Å². The van der Waals surface area contributed by atoms with Crippen LogP contribution in [-0.2, 0) is 9.59 Å². The number of hydrogen-bond acceptors (Lipinski definition) is 5. The van der Waals surface area contributed by atoms with Gasteiger partial charge in [-0.2, -0.15) is 0 Å². The Morgan fingerprint density at radius 2 is 1.88 bits per heavy atom. The van der Waals surface area contributed by atoms with E-state index in [4.69, 9.17) is 5.11 Å². The number of carbonyl (C=O) groups excluding carboxylic acids is 1. The van der Waals surface area contributed by atoms with Crippen LogP contribution in [-0.4, -0.2) is 56.5 Å². The molecule has 3 fully saturated rings. The zero-order chi connectivity index (χ0) is 18.1. The maximum Gasteiger partial charge on any atom is 0.305 e. The molecule has 1 aromatic rings. The molecule has 1 N–H and O–H groups in total. The largest absolute Gasteiger partial charge is 0.481 e. The van der Waals surface area contributed by atoms with Gasteiger partial charge in [-0.1, -0.05) is 12.8 Å². The molecule has 2 saturated heterocycles. The number of rotatable bonds is 4. The molecule has 1 saturated carbocycles. The molecule has 1 amide bonds. The predicted molar refractivity (Wildman–Crippen MR) is 95.6 cm³/mol. The molecular formula is C19H26N4O3. The number of anilines is 1. The number of likely N-dealkylation sites (tertiary alicyclic amines) is 1. The van der Waals surface area contributed by atoms with Gasteiger partial charge in [-0.05, 0) is 44.1 Å². The minimum atomic E-state index is -0.835. The first kappa shape index (κ1) is 17.2. The van der Waals surface area contributed by atoms with Gasteiger partial charge in [0.1, 0.15) is 6.04 Å². The van der Waals surface area contributed by atoms with Gasteiger partial charge in [0.15, 0.2) is 0 Å². The first-order chi connectivity index (χ1) is 12.6. The van der Waals surface area contributed by atoms with Crippen LogP contribution in [0.5, 0.6) is 0 Å². The van der Waals surface area contributed by atoms with E-state index in [0.29, 0.717) is 24.5 Å². The molecule has 4 atom stereocenters. The van der Waals surface area contributed by atoms with Crippen molar-refractivity contribution < 1.29 is 14.7 Å². The van der Waals surface area contributed by atoms with Gasteiger partial charge in [-0.3, -0.25) is 9.59 Å². The number of fused-ring (bicyclic) bond motifs is 1. The van der Waals surface area contributed by atoms with E-state index < -0.39 is 5.97 Å². The number of carboxylic acids is 1. The number of aromatic nitrogens is 2. The van der Waals surface area contributed by atoms with Gasteiger partial charge in [-0.25, -0.2) is 9.97 Å². The summed E-state index contributed by atoms with van der Waals surface area (Å²) >= 11 is 0. The molecular weight excluding hydrogens is 332 g/mol. The van der Waals surface area contributed by atoms with Crippen LogP contribution in [0.15, 0.2) is 18.5 Å². The Kier molecular flexibility index (Phi) is 4.78. The maximum atomic E-state index is 13.4. The number of carbonyl (C=O) groups is 2. The number of amides is 1. The second kappa shape index (κ2) is 7.21. The van der Waals surface area contributed by atoms with Crippen molar-refractivity contribution in [1.82, 2.24) is 14.9 Å². The van der Waals surface area contributed by atoms with Crippen LogP contribution in [0.1, 0.15) is 51.4 Å². The standard InChI is InChI=1S/C19H26N4O3/c24-17(25)12-14-6-3-10-22(14)18(26)16-11-13-5-1-2-7-15(13)23(16)19-20-8-4-9-21-19/h4,8-9,13-16H,1-3,5-7,10-12H2,(H,24,25)/t13-,14-,15-,16-/m0/s1. The summed E-state index contributed by atoms with van der Waals surface area (Å²) in [5, 5.41) is 9.17. The highest BCUT2D eigenvalue weighted by Gasteiger charge is 2.48. The summed E-state index contributed by atoms with van der Waals surface area (Å²) in [6.07, 6.45) is 10.6. The molecule has 0 spiro atoms. The van der Waals surface area contributed by atoms with Crippen LogP contribution in [0.2, 0.25) is 0 Å². The van der Waals surface area contributed by atoms with Gasteiger partial charge in [0, 0.05) is 31.0 Å². The minimum Gasteiger partial charge on any atom is -0.481 e. The summed E-state index contributed by atoms with van der Waals surface area (Å²) < 4.78 is 0. The average molecular weight is 358 g/mol. The Morgan fingerprint density at radius 1 is 1.12 bits per heavy atom. The zero-order valence-corrected chi connectivity index (χ0v) is 15.0. The van der Waals surface area contributed by atoms with E-state index in [1.807, 2.05) is 4.90 Å². The zero-order valence-electron chi connectivity index (χ0n) is 15.0. The van der Waals surface area contributed by atoms with Crippen molar-refractivity contribution in [2.45, 2.75) is 69.5 Å². The molecule has 140 valence electrons. The van der Waals surface area contributed by atoms with E-state index in [-0.39, 0.29) is 24.4 Å². The van der Waals surface area contributed by atoms with Crippen LogP contribution in [0.4, 0.5) is 5.95 Å². The van der Waals surface area contributed by atoms with Crippen LogP contribution < -0.4 is 4.90 Å². The van der Waals surface area contributed by atoms with Gasteiger partial charge in [-0.15, -0.1) is 0 Å². The van der Waals surface area contributed by atoms with Gasteiger partial charge >= 0.3 is 5.97 Å². The SMILES string of the molecule is O=C(O)C[C@@H]1CCCN1C(=O)[C@@H]1C[C@@H]2CCCC[C@@H]2N1c1ncccn1. The van der Waals surface area contributed by atoms with Crippen molar-refractivity contribution >= 4 is 17.8 Å². The summed E-state index contributed by atoms with van der Waals surface area (Å²) in [4.78, 5) is 37.4. The highest BCUT2D eigenvalue weighted by atomic mass is 16.4. The minimum absolute atomic E-state index is 0.0349. The molecule has 0 unspecified atom stereocenters. The van der Waals surface area contributed by atoms with Gasteiger partial charge in [0.05, 0.1) is 6.42 Å². The van der Waals surface area contributed by atoms with Crippen molar-refractivity contribution in [2.24, 2.45) is 5.92 Å². The Labute approximate surface area is 153 Å². The number of carboxylic acid groups (broad SMARTS) is 1. The molecule has 0 radical (unpaired) electrons. The number of hydrogen-bond donors (Lipinski definition) is 1. The van der Waals surface area contributed by atoms with Crippen LogP contribution in [0.3, 0.4) is 0 Å². The molecule has 7 nitrogen and oxygen atoms in total. The Balaban J connectivity index is 1.60. The third kappa shape index (κ3) is 3.15. The Hall–Kier alpha value is -2.18. The smallest absolute Gasteiger partial charge is 0.305 e. The fourth-order valence-electron chi connectivity index (χ4n) is 5.12. The van der Waals surface area contributed by atoms with Crippen LogP contribution >= 0.6 is 0 Å². The third-order valence-electron chi connectivity index (χ3n) is 6.23. The number of aliphatic carboxylic acids is 1. The Morgan fingerprint density at radius 3 is 2.65 bits per heavy atom. The third-order valence-corrected chi connectivity index (χ3v) is 6.23. The van der Waals surface area contributed by atoms with Crippen molar-refractivity contribution in [3.05, 3.63) is 18.5 Å². The van der Waals surface area contributed by atoms with E-state index in [1.54, 1.807) is 18.5 Å². The lowest BCUT2D eigenvalue weighted by Gasteiger charge is -2.35. The molecule has 1 aliphatic carbocycles. The van der Waals surface area contributed by atoms with Gasteiger partial charge in [0.25, 0.3) is 0 Å². The molecule has 2 aliphatic heterocycles. The highest BCUT2D eigenvalue weighted by Crippen LogP contribution is 2.42. The normalized spacial score (nSPS) is 31.1. The molecule has 3 heterocycles. The number of nitrogens with zero attached hydrogens (tertiary/aromatic N) is 4. The molecule has 1 aromatic heterocycles. The Bertz CT molecular complexity index is 668. The van der Waals surface area contributed by atoms with Gasteiger partial charge in [0.2, 0.25) is 11.9 Å². The van der Waals surface area contributed by atoms with Crippen LogP contribution in [0.25, 0.3) is 0 Å². The van der Waals surface area contributed by atoms with Crippen molar-refractivity contribution in [2.75, 3.05) is 11.4 Å². The lowest BCUT2D eigenvalue weighted by Crippen LogP contribution is -2.50. The summed E-state index contributed by atoms with van der Waals surface area (Å²) in [6, 6.07) is 1.67. The molecule has 26 heavy (non-hydrogen) atoms. The monoisotopic (exact) mass is 358 g/mol. The summed E-state index contributed by atoms with van der Waals surface area (Å²) in [5.74, 6) is 0.366. The predicted octanol–water partition coefficient (Wildman–Crippen LogP) is 2.08. The maximum absolute atomic E-state index is 13.4. The molecule has 0 aromatic carbocycles. The lowest BCUT2D eigenvalue weighted by atomic mass is 9.84. The van der Waals surface area contributed by atoms with Crippen molar-refractivity contribution in [3.8, 4) is 0 Å². The quantitative estimate of drug-likeness (QED) is 0.887. The topological polar surface area (TPSA) is 86.6 Å². The first-order valence-electron chi connectivity index (χ1n) is 9.73. The fourth-order valence-corrected chi connectivity index (χ4v) is 5.12. The summed E-state index contributed by atoms with van der Waals surface area (Å²) in [7, 11) is 0. The van der Waals surface area contributed by atoms with E-state index in [2.05, 4.69) is 14.9 Å². The van der Waals surface area contributed by atoms with E-state index in [0.717, 1.165) is 32.1 Å². The molecule has 0 bridgehead atoms. The van der Waals surface area contributed by atoms with E-state index >= 15 is 0 Å². The second-order valence-electron chi connectivity index (χ2n) is 7.74. The van der Waals surface area contributed by atoms with E-state index in [9.17, 15) is 9.59 Å². The molecule has 4 rings (SSSR count). The first-order valence-corrected chi connectivity index (χ1v) is 9.73. The lowest BCUT2D eigenvalue weighted by molar-refractivity contribution is -0.140. The summed E-state index contributed by atoms with van der Waals surface area (Å²) in [6.45, 7) is 0.659. The highest BCUT2D eigenvalue weighted by molar-refractivity contribution is 5.86.